The van der Waals surface area contributed by atoms with E-state index in [1.165, 1.54) is 0 Å². The fraction of sp³-hybridized carbons (Fsp3) is 0.650. The van der Waals surface area contributed by atoms with Crippen LogP contribution in [0.1, 0.15) is 73.4 Å². The van der Waals surface area contributed by atoms with Crippen molar-refractivity contribution >= 4 is 30.3 Å². The largest absolute Gasteiger partial charge is 0.499 e. The average Bonchev–Trinajstić information content (AvgIpc) is 2.71. The molecule has 0 radical (unpaired) electrons. The van der Waals surface area contributed by atoms with Crippen molar-refractivity contribution in [2.45, 2.75) is 84.7 Å². The molecule has 28 heavy (non-hydrogen) atoms. The molecule has 8 heteroatoms. The lowest BCUT2D eigenvalue weighted by Gasteiger charge is -2.32. The first-order valence-electron chi connectivity index (χ1n) is 9.51. The van der Waals surface area contributed by atoms with Crippen molar-refractivity contribution in [1.29, 1.82) is 0 Å². The molecular formula is C20H30BClFNO4. The van der Waals surface area contributed by atoms with Gasteiger partial charge in [0.2, 0.25) is 0 Å². The maximum atomic E-state index is 15.5. The summed E-state index contributed by atoms with van der Waals surface area (Å²) >= 11 is 6.30. The second-order valence-electron chi connectivity index (χ2n) is 9.06. The molecule has 1 heterocycles. The highest BCUT2D eigenvalue weighted by atomic mass is 35.5. The van der Waals surface area contributed by atoms with Gasteiger partial charge in [0.15, 0.2) is 0 Å². The van der Waals surface area contributed by atoms with Crippen molar-refractivity contribution < 1.29 is 23.2 Å². The Morgan fingerprint density at radius 2 is 1.79 bits per heavy atom. The maximum Gasteiger partial charge on any atom is 0.499 e. The molecule has 0 saturated carbocycles. The zero-order valence-electron chi connectivity index (χ0n) is 17.9. The number of benzene rings is 1. The number of halogens is 2. The van der Waals surface area contributed by atoms with Gasteiger partial charge in [-0.2, -0.15) is 0 Å². The number of hydrogen-bond acceptors (Lipinski definition) is 4. The Balaban J connectivity index is 2.35. The van der Waals surface area contributed by atoms with Gasteiger partial charge in [0, 0.05) is 16.0 Å². The van der Waals surface area contributed by atoms with E-state index in [1.807, 2.05) is 34.6 Å². The minimum atomic E-state index is -0.934. The number of rotatable bonds is 4. The highest BCUT2D eigenvalue weighted by Crippen LogP contribution is 2.37. The topological polar surface area (TPSA) is 56.8 Å². The van der Waals surface area contributed by atoms with Crippen molar-refractivity contribution in [2.24, 2.45) is 0 Å². The number of hydrogen-bond donors (Lipinski definition) is 1. The van der Waals surface area contributed by atoms with Gasteiger partial charge in [0.1, 0.15) is 11.4 Å². The third-order valence-corrected chi connectivity index (χ3v) is 5.45. The number of ether oxygens (including phenoxy) is 1. The summed E-state index contributed by atoms with van der Waals surface area (Å²) in [5.74, 6) is -0.547. The summed E-state index contributed by atoms with van der Waals surface area (Å²) in [7, 11) is -0.934. The highest BCUT2D eigenvalue weighted by molar-refractivity contribution is 6.65. The van der Waals surface area contributed by atoms with Crippen molar-refractivity contribution in [1.82, 2.24) is 5.32 Å². The Kier molecular flexibility index (Phi) is 6.44. The highest BCUT2D eigenvalue weighted by Gasteiger charge is 2.53. The third-order valence-electron chi connectivity index (χ3n) is 5.12. The van der Waals surface area contributed by atoms with Crippen LogP contribution in [-0.4, -0.2) is 30.0 Å². The molecule has 1 fully saturated rings. The van der Waals surface area contributed by atoms with Gasteiger partial charge in [-0.1, -0.05) is 24.6 Å². The number of amides is 1. The summed E-state index contributed by atoms with van der Waals surface area (Å²) < 4.78 is 32.7. The monoisotopic (exact) mass is 413 g/mol. The first-order valence-corrected chi connectivity index (χ1v) is 9.89. The van der Waals surface area contributed by atoms with E-state index < -0.39 is 41.9 Å². The van der Waals surface area contributed by atoms with Crippen molar-refractivity contribution in [3.8, 4) is 0 Å². The number of nitrogens with one attached hydrogen (secondary N) is 1. The van der Waals surface area contributed by atoms with Gasteiger partial charge in [0.05, 0.1) is 17.2 Å². The zero-order chi connectivity index (χ0) is 21.5. The average molecular weight is 414 g/mol. The molecule has 0 spiro atoms. The standard InChI is InChI=1S/C20H30BClFNO4/c1-9-14(24-17(25)26-18(2,3)4)12-10-11-13(22)15(16(12)23)21-27-19(5,6)20(7,8)28-21/h10-11,14H,9H2,1-8H3,(H,24,25)/t14-/m1/s1. The minimum absolute atomic E-state index is 0.141. The molecule has 5 nitrogen and oxygen atoms in total. The molecule has 0 aromatic heterocycles. The lowest BCUT2D eigenvalue weighted by molar-refractivity contribution is 0.00578. The molecule has 0 bridgehead atoms. The number of alkyl carbamates (subject to hydrolysis) is 1. The van der Waals surface area contributed by atoms with Crippen LogP contribution < -0.4 is 10.8 Å². The van der Waals surface area contributed by atoms with Crippen LogP contribution in [0.3, 0.4) is 0 Å². The number of carbonyl (C=O) groups excluding carboxylic acids is 1. The van der Waals surface area contributed by atoms with Crippen LogP contribution in [0.5, 0.6) is 0 Å². The second kappa shape index (κ2) is 7.84. The Morgan fingerprint density at radius 1 is 1.25 bits per heavy atom. The summed E-state index contributed by atoms with van der Waals surface area (Å²) in [6.07, 6.45) is -0.133. The van der Waals surface area contributed by atoms with Crippen molar-refractivity contribution in [3.05, 3.63) is 28.5 Å². The molecule has 1 aliphatic heterocycles. The summed E-state index contributed by atoms with van der Waals surface area (Å²) in [4.78, 5) is 12.2. The lowest BCUT2D eigenvalue weighted by atomic mass is 9.77. The summed E-state index contributed by atoms with van der Waals surface area (Å²) in [6, 6.07) is 2.59. The van der Waals surface area contributed by atoms with Gasteiger partial charge in [0.25, 0.3) is 0 Å². The molecule has 1 atom stereocenters. The van der Waals surface area contributed by atoms with Crippen LogP contribution in [0.4, 0.5) is 9.18 Å². The van der Waals surface area contributed by atoms with E-state index in [1.54, 1.807) is 32.9 Å². The van der Waals surface area contributed by atoms with E-state index in [0.29, 0.717) is 12.0 Å². The molecule has 0 unspecified atom stereocenters. The van der Waals surface area contributed by atoms with E-state index in [2.05, 4.69) is 5.32 Å². The van der Waals surface area contributed by atoms with Crippen LogP contribution in [0.2, 0.25) is 5.02 Å². The van der Waals surface area contributed by atoms with Crippen LogP contribution in [-0.2, 0) is 14.0 Å². The first kappa shape index (κ1) is 23.0. The van der Waals surface area contributed by atoms with Gasteiger partial charge in [-0.3, -0.25) is 0 Å². The summed E-state index contributed by atoms with van der Waals surface area (Å²) in [6.45, 7) is 14.7. The molecule has 2 rings (SSSR count). The Hall–Kier alpha value is -1.31. The quantitative estimate of drug-likeness (QED) is 0.723. The summed E-state index contributed by atoms with van der Waals surface area (Å²) in [5.41, 5.74) is -1.44. The van der Waals surface area contributed by atoms with Crippen LogP contribution in [0.15, 0.2) is 12.1 Å². The molecule has 1 saturated heterocycles. The molecule has 1 N–H and O–H groups in total. The summed E-state index contributed by atoms with van der Waals surface area (Å²) in [5, 5.41) is 2.94. The van der Waals surface area contributed by atoms with E-state index in [4.69, 9.17) is 25.6 Å². The molecule has 0 aliphatic carbocycles. The predicted molar refractivity (Wildman–Crippen MR) is 110 cm³/mol. The van der Waals surface area contributed by atoms with Crippen molar-refractivity contribution in [3.63, 3.8) is 0 Å². The maximum absolute atomic E-state index is 15.5. The van der Waals surface area contributed by atoms with Crippen LogP contribution in [0, 0.1) is 5.82 Å². The predicted octanol–water partition coefficient (Wildman–Crippen LogP) is 4.75. The Bertz CT molecular complexity index is 732. The fourth-order valence-electron chi connectivity index (χ4n) is 2.88. The first-order chi connectivity index (χ1) is 12.7. The van der Waals surface area contributed by atoms with E-state index in [0.717, 1.165) is 0 Å². The SMILES string of the molecule is CC[C@@H](NC(=O)OC(C)(C)C)c1ccc(Cl)c(B2OC(C)(C)C(C)(C)O2)c1F. The zero-order valence-corrected chi connectivity index (χ0v) is 18.7. The molecule has 1 aliphatic rings. The molecular weight excluding hydrogens is 383 g/mol. The lowest BCUT2D eigenvalue weighted by Crippen LogP contribution is -2.41. The Morgan fingerprint density at radius 3 is 2.25 bits per heavy atom. The number of carbonyl (C=O) groups is 1. The van der Waals surface area contributed by atoms with E-state index in [-0.39, 0.29) is 10.5 Å². The molecule has 1 aromatic rings. The molecule has 156 valence electrons. The molecule has 1 aromatic carbocycles. The molecule has 1 amide bonds. The second-order valence-corrected chi connectivity index (χ2v) is 9.47. The third kappa shape index (κ3) is 4.81. The van der Waals surface area contributed by atoms with E-state index in [9.17, 15) is 4.79 Å². The minimum Gasteiger partial charge on any atom is -0.444 e. The van der Waals surface area contributed by atoms with Gasteiger partial charge >= 0.3 is 13.2 Å². The van der Waals surface area contributed by atoms with Gasteiger partial charge in [-0.15, -0.1) is 0 Å². The van der Waals surface area contributed by atoms with Crippen molar-refractivity contribution in [2.75, 3.05) is 0 Å². The van der Waals surface area contributed by atoms with Gasteiger partial charge < -0.3 is 19.4 Å². The van der Waals surface area contributed by atoms with Crippen LogP contribution in [0.25, 0.3) is 0 Å². The normalized spacial score (nSPS) is 19.4. The smallest absolute Gasteiger partial charge is 0.444 e. The van der Waals surface area contributed by atoms with E-state index >= 15 is 4.39 Å². The van der Waals surface area contributed by atoms with Gasteiger partial charge in [-0.25, -0.2) is 9.18 Å². The van der Waals surface area contributed by atoms with Crippen LogP contribution >= 0.6 is 11.6 Å². The van der Waals surface area contributed by atoms with Gasteiger partial charge in [-0.05, 0) is 61.0 Å². The Labute approximate surface area is 172 Å². The fourth-order valence-corrected chi connectivity index (χ4v) is 3.12.